The molecule has 0 unspecified atom stereocenters. The number of hydrogen-bond acceptors (Lipinski definition) is 9. The zero-order valence-corrected chi connectivity index (χ0v) is 20.5. The Labute approximate surface area is 191 Å². The molecular formula is C16H32N4O11P2. The smallest absolute Gasteiger partial charge is 0.422 e. The lowest BCUT2D eigenvalue weighted by Gasteiger charge is -2.34. The summed E-state index contributed by atoms with van der Waals surface area (Å²) in [5.74, 6) is -1.86. The first-order valence-electron chi connectivity index (χ1n) is 10.00. The number of amides is 2. The number of carbonyl (C=O) groups excluding carboxylic acids is 3. The minimum Gasteiger partial charge on any atom is -0.464 e. The van der Waals surface area contributed by atoms with E-state index in [1.165, 1.54) is 0 Å². The predicted molar refractivity (Wildman–Crippen MR) is 114 cm³/mol. The van der Waals surface area contributed by atoms with E-state index in [0.29, 0.717) is 32.7 Å². The van der Waals surface area contributed by atoms with Crippen LogP contribution in [0.25, 0.3) is 0 Å². The highest BCUT2D eigenvalue weighted by Crippen LogP contribution is 2.58. The van der Waals surface area contributed by atoms with Crippen LogP contribution in [0, 0.1) is 0 Å². The molecule has 0 aliphatic carbocycles. The van der Waals surface area contributed by atoms with Gasteiger partial charge >= 0.3 is 27.3 Å². The number of piperazine rings is 1. The average molecular weight is 518 g/mol. The second kappa shape index (κ2) is 12.2. The summed E-state index contributed by atoms with van der Waals surface area (Å²) in [5.41, 5.74) is -0.615. The van der Waals surface area contributed by atoms with Crippen LogP contribution in [0.4, 0.5) is 4.79 Å². The van der Waals surface area contributed by atoms with Crippen LogP contribution in [-0.2, 0) is 28.2 Å². The highest BCUT2D eigenvalue weighted by Gasteiger charge is 2.44. The van der Waals surface area contributed by atoms with E-state index in [1.807, 2.05) is 4.90 Å². The number of rotatable bonds is 10. The van der Waals surface area contributed by atoms with Crippen LogP contribution in [0.2, 0.25) is 0 Å². The van der Waals surface area contributed by atoms with Crippen molar-refractivity contribution in [2.24, 2.45) is 0 Å². The maximum atomic E-state index is 11.8. The third kappa shape index (κ3) is 12.5. The zero-order chi connectivity index (χ0) is 25.4. The van der Waals surface area contributed by atoms with Crippen molar-refractivity contribution in [1.82, 2.24) is 20.7 Å². The lowest BCUT2D eigenvalue weighted by molar-refractivity contribution is -0.145. The van der Waals surface area contributed by atoms with Gasteiger partial charge in [0.25, 0.3) is 0 Å². The van der Waals surface area contributed by atoms with Gasteiger partial charge in [-0.05, 0) is 20.8 Å². The molecule has 0 atom stereocenters. The average Bonchev–Trinajstić information content (AvgIpc) is 2.62. The van der Waals surface area contributed by atoms with Gasteiger partial charge in [-0.25, -0.2) is 9.80 Å². The number of esters is 1. The summed E-state index contributed by atoms with van der Waals surface area (Å²) in [4.78, 5) is 73.1. The Hall–Kier alpha value is -1.57. The van der Waals surface area contributed by atoms with Crippen molar-refractivity contribution in [3.05, 3.63) is 0 Å². The topological polar surface area (TPSA) is 215 Å². The summed E-state index contributed by atoms with van der Waals surface area (Å²) in [6.45, 7) is 8.01. The number of ether oxygens (including phenoxy) is 2. The molecule has 6 N–H and O–H groups in total. The number of hydrazine groups is 1. The Balaban J connectivity index is 2.26. The first-order chi connectivity index (χ1) is 15.0. The molecule has 1 heterocycles. The monoisotopic (exact) mass is 518 g/mol. The maximum absolute atomic E-state index is 11.8. The first-order valence-corrected chi connectivity index (χ1v) is 13.4. The fourth-order valence-electron chi connectivity index (χ4n) is 2.67. The fraction of sp³-hybridized carbons (Fsp3) is 0.812. The van der Waals surface area contributed by atoms with E-state index in [9.17, 15) is 23.5 Å². The van der Waals surface area contributed by atoms with Gasteiger partial charge in [0, 0.05) is 39.1 Å². The molecule has 0 aromatic heterocycles. The van der Waals surface area contributed by atoms with Crippen molar-refractivity contribution in [1.29, 1.82) is 0 Å². The summed E-state index contributed by atoms with van der Waals surface area (Å²) in [5, 5.41) is 3.29. The molecule has 0 aromatic carbocycles. The Morgan fingerprint density at radius 1 is 0.970 bits per heavy atom. The Bertz CT molecular complexity index is 762. The van der Waals surface area contributed by atoms with Crippen LogP contribution in [-0.4, -0.2) is 97.9 Å². The lowest BCUT2D eigenvalue weighted by Crippen LogP contribution is -2.54. The maximum Gasteiger partial charge on any atom is 0.422 e. The van der Waals surface area contributed by atoms with Crippen molar-refractivity contribution in [2.45, 2.75) is 44.7 Å². The van der Waals surface area contributed by atoms with E-state index < -0.39 is 57.1 Å². The summed E-state index contributed by atoms with van der Waals surface area (Å²) in [6, 6.07) is 0. The predicted octanol–water partition coefficient (Wildman–Crippen LogP) is -0.878. The van der Waals surface area contributed by atoms with Crippen molar-refractivity contribution >= 4 is 33.2 Å². The molecule has 0 spiro atoms. The van der Waals surface area contributed by atoms with Gasteiger partial charge in [-0.15, -0.1) is 0 Å². The third-order valence-corrected chi connectivity index (χ3v) is 7.51. The molecule has 0 bridgehead atoms. The van der Waals surface area contributed by atoms with Crippen LogP contribution in [0.1, 0.15) is 33.6 Å². The molecule has 1 rings (SSSR count). The van der Waals surface area contributed by atoms with Crippen molar-refractivity contribution in [3.63, 3.8) is 0 Å². The van der Waals surface area contributed by atoms with Gasteiger partial charge in [0.2, 0.25) is 11.4 Å². The molecule has 2 amide bonds. The summed E-state index contributed by atoms with van der Waals surface area (Å²) >= 11 is 0. The van der Waals surface area contributed by atoms with E-state index in [-0.39, 0.29) is 6.61 Å². The largest absolute Gasteiger partial charge is 0.464 e. The summed E-state index contributed by atoms with van der Waals surface area (Å²) in [6.07, 6.45) is -1.54. The van der Waals surface area contributed by atoms with Gasteiger partial charge in [-0.1, -0.05) is 0 Å². The number of nitrogens with zero attached hydrogens (tertiary/aromatic N) is 2. The minimum atomic E-state index is -5.30. The van der Waals surface area contributed by atoms with Crippen molar-refractivity contribution in [3.8, 4) is 0 Å². The van der Waals surface area contributed by atoms with Gasteiger partial charge in [-0.2, -0.15) is 0 Å². The molecule has 1 aliphatic rings. The molecule has 0 aromatic rings. The molecule has 33 heavy (non-hydrogen) atoms. The second-order valence-electron chi connectivity index (χ2n) is 8.28. The summed E-state index contributed by atoms with van der Waals surface area (Å²) in [7, 11) is -10.6. The molecular weight excluding hydrogens is 486 g/mol. The molecule has 1 aliphatic heterocycles. The second-order valence-corrected chi connectivity index (χ2v) is 12.1. The molecule has 17 heteroatoms. The molecule has 15 nitrogen and oxygen atoms in total. The van der Waals surface area contributed by atoms with Gasteiger partial charge < -0.3 is 34.4 Å². The quantitative estimate of drug-likeness (QED) is 0.153. The third-order valence-electron chi connectivity index (χ3n) is 4.17. The van der Waals surface area contributed by atoms with Crippen molar-refractivity contribution < 1.29 is 52.6 Å². The van der Waals surface area contributed by atoms with Gasteiger partial charge in [0.15, 0.2) is 0 Å². The van der Waals surface area contributed by atoms with Gasteiger partial charge in [-0.3, -0.25) is 29.0 Å². The first kappa shape index (κ1) is 29.5. The Kier molecular flexibility index (Phi) is 10.9. The SMILES string of the molecule is CC(C)(C)OC(=O)NN1CCN(CCOC(=O)CCC(=O)NC(P(=O)(O)O)P(=O)(O)O)CC1. The number of carbonyl (C=O) groups is 3. The lowest BCUT2D eigenvalue weighted by atomic mass is 10.2. The van der Waals surface area contributed by atoms with Gasteiger partial charge in [0.1, 0.15) is 12.2 Å². The highest BCUT2D eigenvalue weighted by atomic mass is 31.2. The number of hydrogen-bond donors (Lipinski definition) is 6. The Morgan fingerprint density at radius 2 is 1.52 bits per heavy atom. The number of nitrogens with one attached hydrogen (secondary N) is 2. The van der Waals surface area contributed by atoms with E-state index in [0.717, 1.165) is 0 Å². The minimum absolute atomic E-state index is 0.0353. The van der Waals surface area contributed by atoms with Gasteiger partial charge in [0.05, 0.1) is 6.42 Å². The fourth-order valence-corrected chi connectivity index (χ4v) is 4.86. The van der Waals surface area contributed by atoms with Crippen LogP contribution < -0.4 is 10.7 Å². The van der Waals surface area contributed by atoms with Crippen LogP contribution in [0.5, 0.6) is 0 Å². The van der Waals surface area contributed by atoms with Crippen molar-refractivity contribution in [2.75, 3.05) is 39.3 Å². The van der Waals surface area contributed by atoms with E-state index >= 15 is 0 Å². The van der Waals surface area contributed by atoms with E-state index in [4.69, 9.17) is 29.0 Å². The molecule has 0 radical (unpaired) electrons. The highest BCUT2D eigenvalue weighted by molar-refractivity contribution is 7.70. The normalized spacial score (nSPS) is 16.4. The van der Waals surface area contributed by atoms with Crippen LogP contribution in [0.15, 0.2) is 0 Å². The summed E-state index contributed by atoms with van der Waals surface area (Å²) < 4.78 is 32.5. The zero-order valence-electron chi connectivity index (χ0n) is 18.7. The van der Waals surface area contributed by atoms with Crippen LogP contribution >= 0.6 is 15.2 Å². The molecule has 1 fully saturated rings. The van der Waals surface area contributed by atoms with Crippen LogP contribution in [0.3, 0.4) is 0 Å². The molecule has 192 valence electrons. The Morgan fingerprint density at radius 3 is 2.00 bits per heavy atom. The molecule has 1 saturated heterocycles. The van der Waals surface area contributed by atoms with E-state index in [1.54, 1.807) is 31.1 Å². The standard InChI is InChI=1S/C16H32N4O11P2/c1-16(2,3)31-14(23)18-20-8-6-19(7-9-20)10-11-30-13(22)5-4-12(21)17-15(32(24,25)26)33(27,28)29/h15H,4-11H2,1-3H3,(H,17,21)(H,18,23)(H2,24,25,26)(H2,27,28,29). The van der Waals surface area contributed by atoms with E-state index in [2.05, 4.69) is 5.43 Å². The molecule has 0 saturated carbocycles.